The van der Waals surface area contributed by atoms with Crippen LogP contribution < -0.4 is 4.74 Å². The second-order valence-corrected chi connectivity index (χ2v) is 6.00. The van der Waals surface area contributed by atoms with E-state index in [-0.39, 0.29) is 18.1 Å². The van der Waals surface area contributed by atoms with Gasteiger partial charge in [0.25, 0.3) is 0 Å². The van der Waals surface area contributed by atoms with Crippen LogP contribution in [0.3, 0.4) is 0 Å². The zero-order chi connectivity index (χ0) is 13.7. The molecule has 1 saturated heterocycles. The normalized spacial score (nSPS) is 17.3. The highest BCUT2D eigenvalue weighted by molar-refractivity contribution is 7.89. The van der Waals surface area contributed by atoms with Crippen LogP contribution in [0, 0.1) is 0 Å². The largest absolute Gasteiger partial charge is 0.491 e. The van der Waals surface area contributed by atoms with Gasteiger partial charge in [0.15, 0.2) is 0 Å². The second kappa shape index (κ2) is 6.33. The SMILES string of the molecule is O=S(=O)(c1ccc(OCCO)cc1)N1CCOCC1. The lowest BCUT2D eigenvalue weighted by molar-refractivity contribution is 0.0730. The number of benzene rings is 1. The number of aliphatic hydroxyl groups is 1. The molecule has 0 spiro atoms. The number of rotatable bonds is 5. The van der Waals surface area contributed by atoms with E-state index in [2.05, 4.69) is 0 Å². The molecule has 0 saturated carbocycles. The van der Waals surface area contributed by atoms with E-state index in [0.29, 0.717) is 32.1 Å². The van der Waals surface area contributed by atoms with Crippen LogP contribution in [0.1, 0.15) is 0 Å². The molecule has 0 bridgehead atoms. The summed E-state index contributed by atoms with van der Waals surface area (Å²) in [5, 5.41) is 8.64. The van der Waals surface area contributed by atoms with Crippen LogP contribution in [-0.4, -0.2) is 57.3 Å². The van der Waals surface area contributed by atoms with Gasteiger partial charge in [0.2, 0.25) is 10.0 Å². The van der Waals surface area contributed by atoms with Crippen molar-refractivity contribution in [3.8, 4) is 5.75 Å². The summed E-state index contributed by atoms with van der Waals surface area (Å²) < 4.78 is 36.4. The second-order valence-electron chi connectivity index (χ2n) is 4.06. The Hall–Kier alpha value is -1.15. The van der Waals surface area contributed by atoms with Crippen LogP contribution in [0.25, 0.3) is 0 Å². The number of ether oxygens (including phenoxy) is 2. The summed E-state index contributed by atoms with van der Waals surface area (Å²) in [6.07, 6.45) is 0. The smallest absolute Gasteiger partial charge is 0.243 e. The van der Waals surface area contributed by atoms with Crippen molar-refractivity contribution in [1.29, 1.82) is 0 Å². The monoisotopic (exact) mass is 287 g/mol. The average Bonchev–Trinajstić information content (AvgIpc) is 2.46. The van der Waals surface area contributed by atoms with Crippen LogP contribution in [0.5, 0.6) is 5.75 Å². The molecule has 1 aliphatic rings. The highest BCUT2D eigenvalue weighted by atomic mass is 32.2. The Bertz CT molecular complexity index is 493. The molecule has 0 radical (unpaired) electrons. The van der Waals surface area contributed by atoms with E-state index >= 15 is 0 Å². The maximum Gasteiger partial charge on any atom is 0.243 e. The summed E-state index contributed by atoms with van der Waals surface area (Å²) in [7, 11) is -3.45. The van der Waals surface area contributed by atoms with Gasteiger partial charge in [-0.05, 0) is 24.3 Å². The Morgan fingerprint density at radius 1 is 1.21 bits per heavy atom. The van der Waals surface area contributed by atoms with Crippen LogP contribution in [0.4, 0.5) is 0 Å². The molecular formula is C12H17NO5S. The summed E-state index contributed by atoms with van der Waals surface area (Å²) in [5.74, 6) is 0.537. The van der Waals surface area contributed by atoms with Gasteiger partial charge in [-0.25, -0.2) is 8.42 Å². The Kier molecular flexibility index (Phi) is 4.76. The van der Waals surface area contributed by atoms with Crippen LogP contribution in [0.2, 0.25) is 0 Å². The molecule has 0 unspecified atom stereocenters. The van der Waals surface area contributed by atoms with Crippen molar-refractivity contribution >= 4 is 10.0 Å². The zero-order valence-electron chi connectivity index (χ0n) is 10.5. The zero-order valence-corrected chi connectivity index (χ0v) is 11.3. The fraction of sp³-hybridized carbons (Fsp3) is 0.500. The molecule has 0 aliphatic carbocycles. The van der Waals surface area contributed by atoms with Gasteiger partial charge in [-0.2, -0.15) is 4.31 Å². The Labute approximate surface area is 112 Å². The number of morpholine rings is 1. The third-order valence-corrected chi connectivity index (χ3v) is 4.70. The molecule has 1 fully saturated rings. The minimum atomic E-state index is -3.45. The summed E-state index contributed by atoms with van der Waals surface area (Å²) >= 11 is 0. The maximum absolute atomic E-state index is 12.3. The lowest BCUT2D eigenvalue weighted by Gasteiger charge is -2.26. The van der Waals surface area contributed by atoms with Crippen LogP contribution in [-0.2, 0) is 14.8 Å². The highest BCUT2D eigenvalue weighted by Crippen LogP contribution is 2.20. The van der Waals surface area contributed by atoms with Crippen LogP contribution in [0.15, 0.2) is 29.2 Å². The lowest BCUT2D eigenvalue weighted by atomic mass is 10.3. The van der Waals surface area contributed by atoms with E-state index in [1.807, 2.05) is 0 Å². The van der Waals surface area contributed by atoms with E-state index in [1.165, 1.54) is 16.4 Å². The average molecular weight is 287 g/mol. The number of aliphatic hydroxyl groups excluding tert-OH is 1. The van der Waals surface area contributed by atoms with E-state index in [4.69, 9.17) is 14.6 Å². The molecule has 6 nitrogen and oxygen atoms in total. The topological polar surface area (TPSA) is 76.1 Å². The summed E-state index contributed by atoms with van der Waals surface area (Å²) in [4.78, 5) is 0.241. The van der Waals surface area contributed by atoms with Gasteiger partial charge in [-0.15, -0.1) is 0 Å². The van der Waals surface area contributed by atoms with Crippen molar-refractivity contribution < 1.29 is 23.0 Å². The molecule has 106 valence electrons. The molecular weight excluding hydrogens is 270 g/mol. The van der Waals surface area contributed by atoms with Gasteiger partial charge in [0, 0.05) is 13.1 Å². The molecule has 19 heavy (non-hydrogen) atoms. The predicted octanol–water partition coefficient (Wildman–Crippen LogP) is 0.0786. The molecule has 1 heterocycles. The van der Waals surface area contributed by atoms with Crippen molar-refractivity contribution in [2.75, 3.05) is 39.5 Å². The van der Waals surface area contributed by atoms with Gasteiger partial charge in [0.05, 0.1) is 24.7 Å². The molecule has 1 aliphatic heterocycles. The van der Waals surface area contributed by atoms with E-state index in [0.717, 1.165) is 0 Å². The van der Waals surface area contributed by atoms with Crippen molar-refractivity contribution in [1.82, 2.24) is 4.31 Å². The fourth-order valence-corrected chi connectivity index (χ4v) is 3.22. The standard InChI is InChI=1S/C12H17NO5S/c14-7-10-18-11-1-3-12(4-2-11)19(15,16)13-5-8-17-9-6-13/h1-4,14H,5-10H2. The first-order valence-corrected chi connectivity index (χ1v) is 7.50. The Morgan fingerprint density at radius 2 is 1.84 bits per heavy atom. The molecule has 2 rings (SSSR count). The third-order valence-electron chi connectivity index (χ3n) is 2.79. The van der Waals surface area contributed by atoms with Crippen molar-refractivity contribution in [3.63, 3.8) is 0 Å². The van der Waals surface area contributed by atoms with Gasteiger partial charge >= 0.3 is 0 Å². The Balaban J connectivity index is 2.11. The van der Waals surface area contributed by atoms with E-state index in [1.54, 1.807) is 12.1 Å². The highest BCUT2D eigenvalue weighted by Gasteiger charge is 2.26. The number of hydrogen-bond donors (Lipinski definition) is 1. The lowest BCUT2D eigenvalue weighted by Crippen LogP contribution is -2.40. The number of sulfonamides is 1. The minimum Gasteiger partial charge on any atom is -0.491 e. The predicted molar refractivity (Wildman–Crippen MR) is 68.6 cm³/mol. The Morgan fingerprint density at radius 3 is 2.42 bits per heavy atom. The molecule has 0 atom stereocenters. The van der Waals surface area contributed by atoms with Crippen molar-refractivity contribution in [3.05, 3.63) is 24.3 Å². The molecule has 1 aromatic rings. The number of hydrogen-bond acceptors (Lipinski definition) is 5. The van der Waals surface area contributed by atoms with Crippen LogP contribution >= 0.6 is 0 Å². The first kappa shape index (κ1) is 14.3. The van der Waals surface area contributed by atoms with E-state index in [9.17, 15) is 8.42 Å². The molecule has 7 heteroatoms. The summed E-state index contributed by atoms with van der Waals surface area (Å²) in [6.45, 7) is 1.73. The minimum absolute atomic E-state index is 0.0756. The maximum atomic E-state index is 12.3. The fourth-order valence-electron chi connectivity index (χ4n) is 1.81. The first-order chi connectivity index (χ1) is 9.14. The van der Waals surface area contributed by atoms with Crippen molar-refractivity contribution in [2.45, 2.75) is 4.90 Å². The number of nitrogens with zero attached hydrogens (tertiary/aromatic N) is 1. The quantitative estimate of drug-likeness (QED) is 0.830. The molecule has 0 aromatic heterocycles. The molecule has 1 aromatic carbocycles. The van der Waals surface area contributed by atoms with E-state index < -0.39 is 10.0 Å². The first-order valence-electron chi connectivity index (χ1n) is 6.06. The molecule has 1 N–H and O–H groups in total. The third kappa shape index (κ3) is 3.44. The van der Waals surface area contributed by atoms with Crippen molar-refractivity contribution in [2.24, 2.45) is 0 Å². The van der Waals surface area contributed by atoms with Gasteiger partial charge in [-0.1, -0.05) is 0 Å². The van der Waals surface area contributed by atoms with Gasteiger partial charge < -0.3 is 14.6 Å². The van der Waals surface area contributed by atoms with Gasteiger partial charge in [-0.3, -0.25) is 0 Å². The summed E-state index contributed by atoms with van der Waals surface area (Å²) in [6, 6.07) is 6.20. The van der Waals surface area contributed by atoms with Gasteiger partial charge in [0.1, 0.15) is 12.4 Å². The molecule has 0 amide bonds. The summed E-state index contributed by atoms with van der Waals surface area (Å²) in [5.41, 5.74) is 0.